The first-order chi connectivity index (χ1) is 19.1. The summed E-state index contributed by atoms with van der Waals surface area (Å²) < 4.78 is 9.09. The molecule has 0 atom stereocenters. The number of imidazole rings is 1. The molecular formula is C30H35N7O3. The molecular weight excluding hydrogens is 506 g/mol. The van der Waals surface area contributed by atoms with Crippen LogP contribution in [0.25, 0.3) is 38.6 Å². The Morgan fingerprint density at radius 3 is 2.45 bits per heavy atom. The van der Waals surface area contributed by atoms with Crippen molar-refractivity contribution >= 4 is 39.8 Å². The number of aromatic nitrogens is 4. The van der Waals surface area contributed by atoms with Crippen LogP contribution in [0.1, 0.15) is 45.3 Å². The van der Waals surface area contributed by atoms with Gasteiger partial charge in [0, 0.05) is 68.4 Å². The van der Waals surface area contributed by atoms with E-state index in [0.717, 1.165) is 33.1 Å². The second kappa shape index (κ2) is 10.6. The summed E-state index contributed by atoms with van der Waals surface area (Å²) in [6.07, 6.45) is 7.55. The van der Waals surface area contributed by atoms with Gasteiger partial charge in [0.2, 0.25) is 0 Å². The van der Waals surface area contributed by atoms with Crippen molar-refractivity contribution in [2.45, 2.75) is 45.3 Å². The van der Waals surface area contributed by atoms with Gasteiger partial charge in [-0.1, -0.05) is 12.1 Å². The van der Waals surface area contributed by atoms with E-state index in [9.17, 15) is 9.59 Å². The lowest BCUT2D eigenvalue weighted by Crippen LogP contribution is -2.43. The zero-order valence-corrected chi connectivity index (χ0v) is 23.6. The van der Waals surface area contributed by atoms with Crippen LogP contribution in [0.5, 0.6) is 0 Å². The van der Waals surface area contributed by atoms with E-state index in [-0.39, 0.29) is 17.8 Å². The molecule has 1 aliphatic heterocycles. The highest BCUT2D eigenvalue weighted by Crippen LogP contribution is 2.32. The number of nitrogens with one attached hydrogen (secondary N) is 2. The summed E-state index contributed by atoms with van der Waals surface area (Å²) in [5.74, 6) is 0. The largest absolute Gasteiger partial charge is 0.444 e. The number of benzene rings is 1. The van der Waals surface area contributed by atoms with Crippen LogP contribution in [-0.4, -0.2) is 62.0 Å². The van der Waals surface area contributed by atoms with Crippen molar-refractivity contribution in [3.05, 3.63) is 65.1 Å². The van der Waals surface area contributed by atoms with Gasteiger partial charge in [-0.3, -0.25) is 19.1 Å². The van der Waals surface area contributed by atoms with Gasteiger partial charge >= 0.3 is 11.8 Å². The number of allylic oxidation sites excluding steroid dienone is 1. The van der Waals surface area contributed by atoms with E-state index in [1.54, 1.807) is 42.2 Å². The van der Waals surface area contributed by atoms with Gasteiger partial charge in [-0.2, -0.15) is 0 Å². The summed E-state index contributed by atoms with van der Waals surface area (Å²) in [5, 5.41) is 11.5. The minimum atomic E-state index is -0.550. The quantitative estimate of drug-likeness (QED) is 0.353. The molecule has 0 aliphatic carbocycles. The van der Waals surface area contributed by atoms with Gasteiger partial charge in [-0.25, -0.2) is 9.59 Å². The third kappa shape index (κ3) is 5.09. The van der Waals surface area contributed by atoms with E-state index in [0.29, 0.717) is 37.2 Å². The van der Waals surface area contributed by atoms with Crippen LogP contribution >= 0.6 is 0 Å². The van der Waals surface area contributed by atoms with Crippen LogP contribution in [0.2, 0.25) is 0 Å². The third-order valence-corrected chi connectivity index (χ3v) is 7.24. The fraction of sp³-hybridized carbons (Fsp3) is 0.367. The number of fused-ring (bicyclic) bond motifs is 3. The number of carbonyl (C=O) groups excluding carboxylic acids is 1. The Kier molecular flexibility index (Phi) is 7.18. The molecule has 1 fully saturated rings. The topological polar surface area (TPSA) is 118 Å². The van der Waals surface area contributed by atoms with Crippen molar-refractivity contribution in [2.75, 3.05) is 20.1 Å². The number of aryl methyl sites for hydroxylation is 1. The lowest BCUT2D eigenvalue weighted by Gasteiger charge is -2.33. The monoisotopic (exact) mass is 541 g/mol. The molecule has 2 N–H and O–H groups in total. The molecule has 1 amide bonds. The Morgan fingerprint density at radius 1 is 1.10 bits per heavy atom. The minimum absolute atomic E-state index is 0.0522. The van der Waals surface area contributed by atoms with E-state index in [1.807, 2.05) is 49.6 Å². The minimum Gasteiger partial charge on any atom is -0.444 e. The summed E-state index contributed by atoms with van der Waals surface area (Å²) in [7, 11) is 3.56. The number of hydrogen-bond acceptors (Lipinski definition) is 7. The predicted octanol–water partition coefficient (Wildman–Crippen LogP) is 4.73. The fourth-order valence-electron chi connectivity index (χ4n) is 5.26. The second-order valence-corrected chi connectivity index (χ2v) is 11.1. The van der Waals surface area contributed by atoms with Gasteiger partial charge in [-0.15, -0.1) is 0 Å². The number of hydrogen-bond donors (Lipinski definition) is 2. The van der Waals surface area contributed by atoms with Gasteiger partial charge < -0.3 is 20.4 Å². The molecule has 0 saturated carbocycles. The smallest absolute Gasteiger partial charge is 0.410 e. The molecule has 1 saturated heterocycles. The summed E-state index contributed by atoms with van der Waals surface area (Å²) in [5.41, 5.74) is 5.04. The van der Waals surface area contributed by atoms with Crippen molar-refractivity contribution in [3.8, 4) is 11.1 Å². The summed E-state index contributed by atoms with van der Waals surface area (Å²) in [4.78, 5) is 37.1. The van der Waals surface area contributed by atoms with Crippen LogP contribution in [0, 0.1) is 5.41 Å². The van der Waals surface area contributed by atoms with Crippen molar-refractivity contribution in [1.82, 2.24) is 29.3 Å². The average Bonchev–Trinajstić information content (AvgIpc) is 3.20. The molecule has 4 heterocycles. The number of rotatable bonds is 5. The molecule has 1 aliphatic rings. The van der Waals surface area contributed by atoms with Gasteiger partial charge in [0.25, 0.3) is 0 Å². The lowest BCUT2D eigenvalue weighted by atomic mass is 10.0. The first-order valence-electron chi connectivity index (χ1n) is 13.4. The van der Waals surface area contributed by atoms with Crippen molar-refractivity contribution in [2.24, 2.45) is 7.05 Å². The van der Waals surface area contributed by atoms with Crippen LogP contribution in [0.3, 0.4) is 0 Å². The van der Waals surface area contributed by atoms with Gasteiger partial charge in [0.05, 0.1) is 28.4 Å². The predicted molar refractivity (Wildman–Crippen MR) is 158 cm³/mol. The van der Waals surface area contributed by atoms with Gasteiger partial charge in [-0.05, 0) is 57.4 Å². The number of carbonyl (C=O) groups is 1. The highest BCUT2D eigenvalue weighted by Gasteiger charge is 2.30. The lowest BCUT2D eigenvalue weighted by molar-refractivity contribution is 0.0188. The first-order valence-corrected chi connectivity index (χ1v) is 13.4. The van der Waals surface area contributed by atoms with E-state index in [4.69, 9.17) is 10.1 Å². The third-order valence-electron chi connectivity index (χ3n) is 7.24. The number of piperidine rings is 1. The van der Waals surface area contributed by atoms with Crippen LogP contribution in [0.4, 0.5) is 4.79 Å². The average molecular weight is 542 g/mol. The zero-order valence-electron chi connectivity index (χ0n) is 23.6. The number of ether oxygens (including phenoxy) is 1. The van der Waals surface area contributed by atoms with Crippen LogP contribution in [0.15, 0.2) is 53.7 Å². The molecule has 4 aromatic rings. The molecule has 1 aromatic carbocycles. The van der Waals surface area contributed by atoms with E-state index >= 15 is 0 Å². The highest BCUT2D eigenvalue weighted by molar-refractivity contribution is 6.07. The molecule has 10 heteroatoms. The maximum atomic E-state index is 13.5. The van der Waals surface area contributed by atoms with Gasteiger partial charge in [0.15, 0.2) is 0 Å². The summed E-state index contributed by atoms with van der Waals surface area (Å²) >= 11 is 0. The maximum Gasteiger partial charge on any atom is 0.410 e. The van der Waals surface area contributed by atoms with E-state index < -0.39 is 5.60 Å². The SMILES string of the molecule is CN/C=C(\C=N)c1ccc(-c2ccc3ncc4c(c3c2)n(C2CCN(C(=O)OC(C)(C)C)CC2)c(=O)n4C)cn1. The van der Waals surface area contributed by atoms with Crippen LogP contribution < -0.4 is 11.0 Å². The molecule has 40 heavy (non-hydrogen) atoms. The molecule has 0 spiro atoms. The number of pyridine rings is 2. The highest BCUT2D eigenvalue weighted by atomic mass is 16.6. The molecule has 10 nitrogen and oxygen atoms in total. The Hall–Kier alpha value is -4.47. The first kappa shape index (κ1) is 27.1. The number of likely N-dealkylation sites (tertiary alicyclic amines) is 1. The molecule has 0 bridgehead atoms. The fourth-order valence-corrected chi connectivity index (χ4v) is 5.26. The molecule has 0 radical (unpaired) electrons. The summed E-state index contributed by atoms with van der Waals surface area (Å²) in [6, 6.07) is 9.85. The van der Waals surface area contributed by atoms with Crippen molar-refractivity contribution < 1.29 is 9.53 Å². The molecule has 5 rings (SSSR count). The van der Waals surface area contributed by atoms with Crippen LogP contribution in [-0.2, 0) is 11.8 Å². The Balaban J connectivity index is 1.52. The van der Waals surface area contributed by atoms with Crippen molar-refractivity contribution in [1.29, 1.82) is 5.41 Å². The molecule has 208 valence electrons. The Bertz CT molecular complexity index is 1670. The van der Waals surface area contributed by atoms with E-state index in [1.165, 1.54) is 6.21 Å². The second-order valence-electron chi connectivity index (χ2n) is 11.1. The number of amides is 1. The molecule has 3 aromatic heterocycles. The Labute approximate surface area is 232 Å². The van der Waals surface area contributed by atoms with Gasteiger partial charge in [0.1, 0.15) is 5.60 Å². The normalized spacial score (nSPS) is 15.0. The standard InChI is InChI=1S/C30H35N7O3/c1-30(2,3)40-29(39)36-12-10-22(11-13-36)37-27-23-14-19(6-9-25(23)34-18-26(27)35(5)28(37)38)20-7-8-24(33-17-20)21(15-31)16-32-4/h6-9,14-18,22,31-32H,10-13H2,1-5H3/b21-16+,31-15?. The van der Waals surface area contributed by atoms with Crippen molar-refractivity contribution in [3.63, 3.8) is 0 Å². The number of nitrogens with zero attached hydrogens (tertiary/aromatic N) is 5. The Morgan fingerprint density at radius 2 is 1.82 bits per heavy atom. The van der Waals surface area contributed by atoms with E-state index in [2.05, 4.69) is 21.4 Å². The maximum absolute atomic E-state index is 13.5. The molecule has 0 unspecified atom stereocenters. The summed E-state index contributed by atoms with van der Waals surface area (Å²) in [6.45, 7) is 6.63. The zero-order chi connectivity index (χ0) is 28.6.